The Balaban J connectivity index is 1.52. The number of rotatable bonds is 4. The number of nitrogens with zero attached hydrogens (tertiary/aromatic N) is 6. The fourth-order valence-electron chi connectivity index (χ4n) is 2.71. The van der Waals surface area contributed by atoms with Crippen LogP contribution in [0.4, 0.5) is 0 Å². The molecule has 7 nitrogen and oxygen atoms in total. The zero-order valence-electron chi connectivity index (χ0n) is 14.6. The highest BCUT2D eigenvalue weighted by molar-refractivity contribution is 7.98. The molecule has 4 aromatic heterocycles. The van der Waals surface area contributed by atoms with Gasteiger partial charge >= 0.3 is 0 Å². The van der Waals surface area contributed by atoms with E-state index in [-0.39, 0.29) is 5.56 Å². The molecule has 0 aromatic carbocycles. The first kappa shape index (κ1) is 17.7. The molecule has 4 heterocycles. The van der Waals surface area contributed by atoms with E-state index in [1.165, 1.54) is 22.2 Å². The van der Waals surface area contributed by atoms with Crippen LogP contribution >= 0.6 is 23.4 Å². The maximum Gasteiger partial charge on any atom is 0.258 e. The van der Waals surface area contributed by atoms with E-state index in [4.69, 9.17) is 11.6 Å². The lowest BCUT2D eigenvalue weighted by molar-refractivity contribution is 0.765. The summed E-state index contributed by atoms with van der Waals surface area (Å²) < 4.78 is 3.19. The largest absolute Gasteiger partial charge is 0.269 e. The lowest BCUT2D eigenvalue weighted by atomic mass is 10.4. The Labute approximate surface area is 164 Å². The Bertz CT molecular complexity index is 1180. The number of hydrogen-bond acceptors (Lipinski definition) is 6. The predicted molar refractivity (Wildman–Crippen MR) is 105 cm³/mol. The minimum Gasteiger partial charge on any atom is -0.269 e. The van der Waals surface area contributed by atoms with Crippen molar-refractivity contribution in [2.75, 3.05) is 0 Å². The summed E-state index contributed by atoms with van der Waals surface area (Å²) in [6.07, 6.45) is 1.56. The zero-order chi connectivity index (χ0) is 19.0. The molecule has 4 rings (SSSR count). The van der Waals surface area contributed by atoms with E-state index in [0.29, 0.717) is 27.9 Å². The van der Waals surface area contributed by atoms with Crippen LogP contribution in [0.2, 0.25) is 5.02 Å². The quantitative estimate of drug-likeness (QED) is 0.491. The Kier molecular flexibility index (Phi) is 4.67. The highest BCUT2D eigenvalue weighted by Gasteiger charge is 2.08. The average molecular weight is 399 g/mol. The Hall–Kier alpha value is -2.71. The molecule has 9 heteroatoms. The Morgan fingerprint density at radius 2 is 1.96 bits per heavy atom. The number of thioether (sulfide) groups is 1. The normalized spacial score (nSPS) is 11.2. The van der Waals surface area contributed by atoms with Gasteiger partial charge in [0.2, 0.25) is 0 Å². The van der Waals surface area contributed by atoms with Gasteiger partial charge in [-0.2, -0.15) is 5.10 Å². The SMILES string of the molecule is Cc1cc(C)n(-c2ccc(SCc3cc(=O)n4cc(Cl)ccc4n3)nn2)n1. The third-order valence-electron chi connectivity index (χ3n) is 3.90. The standard InChI is InChI=1S/C18H15ClN6OS/c1-11-7-12(2)25(23-11)16-5-6-17(22-21-16)27-10-14-8-18(26)24-9-13(19)3-4-15(24)20-14/h3-9H,10H2,1-2H3. The van der Waals surface area contributed by atoms with Crippen LogP contribution in [0.25, 0.3) is 11.5 Å². The summed E-state index contributed by atoms with van der Waals surface area (Å²) in [7, 11) is 0. The van der Waals surface area contributed by atoms with Crippen LogP contribution in [0.15, 0.2) is 52.4 Å². The molecular weight excluding hydrogens is 384 g/mol. The molecule has 0 aliphatic heterocycles. The maximum absolute atomic E-state index is 12.2. The Morgan fingerprint density at radius 1 is 1.11 bits per heavy atom. The number of aryl methyl sites for hydroxylation is 2. The molecule has 136 valence electrons. The minimum atomic E-state index is -0.163. The van der Waals surface area contributed by atoms with Gasteiger partial charge in [0.05, 0.1) is 16.4 Å². The highest BCUT2D eigenvalue weighted by Crippen LogP contribution is 2.20. The van der Waals surface area contributed by atoms with Gasteiger partial charge in [-0.1, -0.05) is 23.4 Å². The second-order valence-corrected chi connectivity index (χ2v) is 7.45. The summed E-state index contributed by atoms with van der Waals surface area (Å²) in [5.74, 6) is 1.19. The number of halogens is 1. The van der Waals surface area contributed by atoms with E-state index in [2.05, 4.69) is 20.3 Å². The number of fused-ring (bicyclic) bond motifs is 1. The number of hydrogen-bond donors (Lipinski definition) is 0. The molecule has 0 amide bonds. The first-order valence-electron chi connectivity index (χ1n) is 8.17. The average Bonchev–Trinajstić information content (AvgIpc) is 2.99. The first-order chi connectivity index (χ1) is 13.0. The van der Waals surface area contributed by atoms with Gasteiger partial charge in [-0.25, -0.2) is 9.67 Å². The number of pyridine rings is 1. The van der Waals surface area contributed by atoms with E-state index in [9.17, 15) is 4.79 Å². The molecule has 27 heavy (non-hydrogen) atoms. The smallest absolute Gasteiger partial charge is 0.258 e. The van der Waals surface area contributed by atoms with Gasteiger partial charge in [-0.3, -0.25) is 9.20 Å². The fraction of sp³-hybridized carbons (Fsp3) is 0.167. The van der Waals surface area contributed by atoms with Crippen molar-refractivity contribution in [1.82, 2.24) is 29.4 Å². The van der Waals surface area contributed by atoms with Gasteiger partial charge in [0.15, 0.2) is 5.82 Å². The molecule has 0 aliphatic rings. The molecule has 0 radical (unpaired) electrons. The summed E-state index contributed by atoms with van der Waals surface area (Å²) in [5.41, 5.74) is 3.01. The van der Waals surface area contributed by atoms with Crippen LogP contribution in [0.5, 0.6) is 0 Å². The van der Waals surface area contributed by atoms with Gasteiger partial charge in [0.25, 0.3) is 5.56 Å². The molecule has 0 bridgehead atoms. The molecule has 0 N–H and O–H groups in total. The summed E-state index contributed by atoms with van der Waals surface area (Å²) in [5, 5.41) is 14.1. The molecule has 0 atom stereocenters. The van der Waals surface area contributed by atoms with Crippen molar-refractivity contribution in [2.24, 2.45) is 0 Å². The van der Waals surface area contributed by atoms with Crippen LogP contribution in [0.1, 0.15) is 17.1 Å². The van der Waals surface area contributed by atoms with Gasteiger partial charge in [-0.05, 0) is 44.2 Å². The van der Waals surface area contributed by atoms with Gasteiger partial charge < -0.3 is 0 Å². The van der Waals surface area contributed by atoms with Crippen LogP contribution in [0, 0.1) is 13.8 Å². The molecule has 0 spiro atoms. The second kappa shape index (κ2) is 7.13. The van der Waals surface area contributed by atoms with Crippen molar-refractivity contribution in [2.45, 2.75) is 24.6 Å². The lowest BCUT2D eigenvalue weighted by Crippen LogP contribution is -2.15. The van der Waals surface area contributed by atoms with E-state index >= 15 is 0 Å². The zero-order valence-corrected chi connectivity index (χ0v) is 16.2. The molecule has 0 unspecified atom stereocenters. The van der Waals surface area contributed by atoms with Crippen LogP contribution < -0.4 is 5.56 Å². The van der Waals surface area contributed by atoms with Crippen molar-refractivity contribution in [3.63, 3.8) is 0 Å². The summed E-state index contributed by atoms with van der Waals surface area (Å²) in [4.78, 5) is 16.7. The van der Waals surface area contributed by atoms with Crippen molar-refractivity contribution >= 4 is 29.0 Å². The highest BCUT2D eigenvalue weighted by atomic mass is 35.5. The third kappa shape index (κ3) is 3.72. The topological polar surface area (TPSA) is 78.0 Å². The van der Waals surface area contributed by atoms with Crippen LogP contribution in [0.3, 0.4) is 0 Å². The maximum atomic E-state index is 12.2. The second-order valence-electron chi connectivity index (χ2n) is 6.02. The third-order valence-corrected chi connectivity index (χ3v) is 5.07. The number of aromatic nitrogens is 6. The molecule has 0 fully saturated rings. The fourth-order valence-corrected chi connectivity index (χ4v) is 3.58. The Morgan fingerprint density at radius 3 is 2.67 bits per heavy atom. The van der Waals surface area contributed by atoms with Crippen molar-refractivity contribution in [3.05, 3.63) is 75.1 Å². The molecular formula is C18H15ClN6OS. The van der Waals surface area contributed by atoms with Crippen LogP contribution in [-0.2, 0) is 5.75 Å². The van der Waals surface area contributed by atoms with Gasteiger partial charge in [0.1, 0.15) is 10.7 Å². The molecule has 0 saturated carbocycles. The monoisotopic (exact) mass is 398 g/mol. The van der Waals surface area contributed by atoms with E-state index in [1.54, 1.807) is 23.0 Å². The molecule has 0 aliphatic carbocycles. The van der Waals surface area contributed by atoms with Gasteiger partial charge in [0, 0.05) is 23.7 Å². The van der Waals surface area contributed by atoms with Crippen molar-refractivity contribution in [1.29, 1.82) is 0 Å². The van der Waals surface area contributed by atoms with E-state index < -0.39 is 0 Å². The molecule has 0 saturated heterocycles. The summed E-state index contributed by atoms with van der Waals surface area (Å²) in [6, 6.07) is 10.7. The van der Waals surface area contributed by atoms with E-state index in [0.717, 1.165) is 16.4 Å². The van der Waals surface area contributed by atoms with E-state index in [1.807, 2.05) is 32.0 Å². The van der Waals surface area contributed by atoms with Crippen molar-refractivity contribution in [3.8, 4) is 5.82 Å². The predicted octanol–water partition coefficient (Wildman–Crippen LogP) is 3.23. The van der Waals surface area contributed by atoms with Crippen molar-refractivity contribution < 1.29 is 0 Å². The first-order valence-corrected chi connectivity index (χ1v) is 9.54. The van der Waals surface area contributed by atoms with Gasteiger partial charge in [-0.15, -0.1) is 10.2 Å². The molecule has 4 aromatic rings. The minimum absolute atomic E-state index is 0.163. The summed E-state index contributed by atoms with van der Waals surface area (Å²) in [6.45, 7) is 3.91. The van der Waals surface area contributed by atoms with Crippen LogP contribution in [-0.4, -0.2) is 29.4 Å². The lowest BCUT2D eigenvalue weighted by Gasteiger charge is -2.05. The summed E-state index contributed by atoms with van der Waals surface area (Å²) >= 11 is 7.39.